The van der Waals surface area contributed by atoms with Crippen molar-refractivity contribution in [3.8, 4) is 0 Å². The number of hydrogen-bond acceptors (Lipinski definition) is 3. The topological polar surface area (TPSA) is 84.2 Å². The molecule has 0 radical (unpaired) electrons. The summed E-state index contributed by atoms with van der Waals surface area (Å²) in [5.74, 6) is 0.190. The number of amides is 2. The maximum atomic E-state index is 12.3. The van der Waals surface area contributed by atoms with Crippen LogP contribution in [-0.4, -0.2) is 11.8 Å². The quantitative estimate of drug-likeness (QED) is 0.715. The third kappa shape index (κ3) is 4.92. The number of hydrogen-bond donors (Lipinski definition) is 3. The lowest BCUT2D eigenvalue weighted by Gasteiger charge is -2.17. The summed E-state index contributed by atoms with van der Waals surface area (Å²) in [7, 11) is 0. The Bertz CT molecular complexity index is 755. The van der Waals surface area contributed by atoms with E-state index in [1.807, 2.05) is 61.5 Å². The molecular formula is C21H25N3O2. The molecule has 0 saturated heterocycles. The summed E-state index contributed by atoms with van der Waals surface area (Å²) in [5.41, 5.74) is 8.82. The fraction of sp³-hybridized carbons (Fsp3) is 0.333. The summed E-state index contributed by atoms with van der Waals surface area (Å²) >= 11 is 0. The first-order chi connectivity index (χ1) is 12.5. The van der Waals surface area contributed by atoms with E-state index in [0.717, 1.165) is 29.7 Å². The van der Waals surface area contributed by atoms with Crippen LogP contribution in [0.1, 0.15) is 49.4 Å². The van der Waals surface area contributed by atoms with E-state index in [1.165, 1.54) is 0 Å². The minimum Gasteiger partial charge on any atom is -0.350 e. The Balaban J connectivity index is 1.51. The molecular weight excluding hydrogens is 326 g/mol. The molecule has 1 aliphatic carbocycles. The molecule has 136 valence electrons. The van der Waals surface area contributed by atoms with Gasteiger partial charge in [-0.05, 0) is 43.0 Å². The molecule has 1 aliphatic rings. The van der Waals surface area contributed by atoms with Gasteiger partial charge in [-0.15, -0.1) is 0 Å². The van der Waals surface area contributed by atoms with Gasteiger partial charge in [-0.1, -0.05) is 42.5 Å². The minimum absolute atomic E-state index is 0.0834. The van der Waals surface area contributed by atoms with Crippen LogP contribution in [0.2, 0.25) is 0 Å². The van der Waals surface area contributed by atoms with Crippen LogP contribution in [0.15, 0.2) is 54.6 Å². The Kier molecular flexibility index (Phi) is 5.68. The molecule has 2 amide bonds. The van der Waals surface area contributed by atoms with E-state index in [-0.39, 0.29) is 36.2 Å². The molecule has 2 atom stereocenters. The molecule has 0 spiro atoms. The number of benzene rings is 2. The van der Waals surface area contributed by atoms with E-state index < -0.39 is 0 Å². The maximum Gasteiger partial charge on any atom is 0.227 e. The second-order valence-electron chi connectivity index (χ2n) is 6.90. The standard InChI is InChI=1S/C21H25N3O2/c1-14(23-20(25)13-19(22)16-5-3-2-4-6-16)15-9-11-18(12-10-15)24-21(26)17-7-8-17/h2-6,9-12,14,17,19H,7-8,13,22H2,1H3,(H,23,25)(H,24,26). The second-order valence-corrected chi connectivity index (χ2v) is 6.90. The lowest BCUT2D eigenvalue weighted by molar-refractivity contribution is -0.122. The average Bonchev–Trinajstić information content (AvgIpc) is 3.48. The van der Waals surface area contributed by atoms with Crippen molar-refractivity contribution in [2.75, 3.05) is 5.32 Å². The van der Waals surface area contributed by atoms with E-state index in [2.05, 4.69) is 10.6 Å². The first-order valence-electron chi connectivity index (χ1n) is 9.03. The molecule has 2 aromatic carbocycles. The van der Waals surface area contributed by atoms with Crippen molar-refractivity contribution >= 4 is 17.5 Å². The summed E-state index contributed by atoms with van der Waals surface area (Å²) in [4.78, 5) is 24.0. The molecule has 4 N–H and O–H groups in total. The Morgan fingerprint density at radius 1 is 1.04 bits per heavy atom. The Hall–Kier alpha value is -2.66. The third-order valence-corrected chi connectivity index (χ3v) is 4.64. The molecule has 5 nitrogen and oxygen atoms in total. The fourth-order valence-corrected chi connectivity index (χ4v) is 2.85. The van der Waals surface area contributed by atoms with Gasteiger partial charge < -0.3 is 16.4 Å². The van der Waals surface area contributed by atoms with E-state index in [9.17, 15) is 9.59 Å². The number of carbonyl (C=O) groups is 2. The monoisotopic (exact) mass is 351 g/mol. The first-order valence-corrected chi connectivity index (χ1v) is 9.03. The highest BCUT2D eigenvalue weighted by molar-refractivity contribution is 5.94. The van der Waals surface area contributed by atoms with Gasteiger partial charge in [0, 0.05) is 24.1 Å². The first kappa shape index (κ1) is 18.1. The zero-order valence-corrected chi connectivity index (χ0v) is 14.9. The van der Waals surface area contributed by atoms with Gasteiger partial charge in [-0.3, -0.25) is 9.59 Å². The molecule has 2 aromatic rings. The molecule has 0 bridgehead atoms. The van der Waals surface area contributed by atoms with E-state index in [1.54, 1.807) is 0 Å². The van der Waals surface area contributed by atoms with Crippen molar-refractivity contribution < 1.29 is 9.59 Å². The van der Waals surface area contributed by atoms with Crippen LogP contribution in [0.3, 0.4) is 0 Å². The molecule has 2 unspecified atom stereocenters. The van der Waals surface area contributed by atoms with Gasteiger partial charge in [0.15, 0.2) is 0 Å². The van der Waals surface area contributed by atoms with Gasteiger partial charge in [0.1, 0.15) is 0 Å². The van der Waals surface area contributed by atoms with Crippen LogP contribution in [0.25, 0.3) is 0 Å². The highest BCUT2D eigenvalue weighted by Gasteiger charge is 2.29. The van der Waals surface area contributed by atoms with Crippen molar-refractivity contribution in [3.05, 3.63) is 65.7 Å². The maximum absolute atomic E-state index is 12.3. The third-order valence-electron chi connectivity index (χ3n) is 4.64. The van der Waals surface area contributed by atoms with Gasteiger partial charge >= 0.3 is 0 Å². The van der Waals surface area contributed by atoms with Crippen LogP contribution in [0.5, 0.6) is 0 Å². The van der Waals surface area contributed by atoms with E-state index in [0.29, 0.717) is 0 Å². The lowest BCUT2D eigenvalue weighted by atomic mass is 10.0. The van der Waals surface area contributed by atoms with Gasteiger partial charge in [-0.2, -0.15) is 0 Å². The van der Waals surface area contributed by atoms with Crippen LogP contribution < -0.4 is 16.4 Å². The molecule has 5 heteroatoms. The Morgan fingerprint density at radius 3 is 2.31 bits per heavy atom. The van der Waals surface area contributed by atoms with Gasteiger partial charge in [0.2, 0.25) is 11.8 Å². The molecule has 3 rings (SSSR count). The predicted molar refractivity (Wildman–Crippen MR) is 102 cm³/mol. The number of nitrogens with two attached hydrogens (primary N) is 1. The lowest BCUT2D eigenvalue weighted by Crippen LogP contribution is -2.29. The van der Waals surface area contributed by atoms with Crippen molar-refractivity contribution in [1.82, 2.24) is 5.32 Å². The summed E-state index contributed by atoms with van der Waals surface area (Å²) in [6.07, 6.45) is 2.21. The van der Waals surface area contributed by atoms with E-state index in [4.69, 9.17) is 5.73 Å². The predicted octanol–water partition coefficient (Wildman–Crippen LogP) is 3.30. The van der Waals surface area contributed by atoms with Crippen molar-refractivity contribution in [3.63, 3.8) is 0 Å². The minimum atomic E-state index is -0.316. The molecule has 0 aromatic heterocycles. The summed E-state index contributed by atoms with van der Waals surface area (Å²) < 4.78 is 0. The van der Waals surface area contributed by atoms with Gasteiger partial charge in [0.25, 0.3) is 0 Å². The highest BCUT2D eigenvalue weighted by Crippen LogP contribution is 2.30. The second kappa shape index (κ2) is 8.15. The van der Waals surface area contributed by atoms with Crippen molar-refractivity contribution in [1.29, 1.82) is 0 Å². The molecule has 26 heavy (non-hydrogen) atoms. The summed E-state index contributed by atoms with van der Waals surface area (Å²) in [5, 5.41) is 5.89. The Morgan fingerprint density at radius 2 is 1.69 bits per heavy atom. The number of anilines is 1. The van der Waals surface area contributed by atoms with Crippen molar-refractivity contribution in [2.45, 2.75) is 38.3 Å². The Labute approximate surface area is 154 Å². The highest BCUT2D eigenvalue weighted by atomic mass is 16.2. The average molecular weight is 351 g/mol. The van der Waals surface area contributed by atoms with Gasteiger partial charge in [0.05, 0.1) is 6.04 Å². The zero-order chi connectivity index (χ0) is 18.5. The van der Waals surface area contributed by atoms with Crippen LogP contribution >= 0.6 is 0 Å². The van der Waals surface area contributed by atoms with Crippen molar-refractivity contribution in [2.24, 2.45) is 11.7 Å². The fourth-order valence-electron chi connectivity index (χ4n) is 2.85. The van der Waals surface area contributed by atoms with E-state index >= 15 is 0 Å². The van der Waals surface area contributed by atoms with Crippen LogP contribution in [-0.2, 0) is 9.59 Å². The number of carbonyl (C=O) groups excluding carboxylic acids is 2. The molecule has 0 heterocycles. The largest absolute Gasteiger partial charge is 0.350 e. The molecule has 1 saturated carbocycles. The summed E-state index contributed by atoms with van der Waals surface area (Å²) in [6, 6.07) is 16.7. The SMILES string of the molecule is CC(NC(=O)CC(N)c1ccccc1)c1ccc(NC(=O)C2CC2)cc1. The van der Waals surface area contributed by atoms with Crippen LogP contribution in [0.4, 0.5) is 5.69 Å². The molecule has 1 fully saturated rings. The van der Waals surface area contributed by atoms with Gasteiger partial charge in [-0.25, -0.2) is 0 Å². The number of nitrogens with one attached hydrogen (secondary N) is 2. The summed E-state index contributed by atoms with van der Waals surface area (Å²) in [6.45, 7) is 1.93. The molecule has 0 aliphatic heterocycles. The smallest absolute Gasteiger partial charge is 0.227 e. The zero-order valence-electron chi connectivity index (χ0n) is 14.9. The number of rotatable bonds is 7. The normalized spacial score (nSPS) is 15.8. The van der Waals surface area contributed by atoms with Crippen LogP contribution in [0, 0.1) is 5.92 Å².